The predicted molar refractivity (Wildman–Crippen MR) is 95.8 cm³/mol. The van der Waals surface area contributed by atoms with Crippen LogP contribution in [0, 0.1) is 20.8 Å². The minimum atomic E-state index is -0.297. The van der Waals surface area contributed by atoms with Gasteiger partial charge in [-0.3, -0.25) is 9.48 Å². The lowest BCUT2D eigenvalue weighted by molar-refractivity contribution is 0.0953. The maximum atomic E-state index is 12.0. The fourth-order valence-electron chi connectivity index (χ4n) is 2.64. The summed E-state index contributed by atoms with van der Waals surface area (Å²) in [6, 6.07) is 11.8. The molecule has 0 aliphatic rings. The summed E-state index contributed by atoms with van der Waals surface area (Å²) in [5.41, 5.74) is 6.95. The van der Waals surface area contributed by atoms with Gasteiger partial charge >= 0.3 is 0 Å². The summed E-state index contributed by atoms with van der Waals surface area (Å²) in [7, 11) is 0. The van der Waals surface area contributed by atoms with Gasteiger partial charge in [0.05, 0.1) is 30.3 Å². The fraction of sp³-hybridized carbons (Fsp3) is 0.211. The van der Waals surface area contributed by atoms with Crippen LogP contribution in [0.3, 0.4) is 0 Å². The van der Waals surface area contributed by atoms with Gasteiger partial charge in [0.1, 0.15) is 5.76 Å². The number of amides is 1. The van der Waals surface area contributed by atoms with Crippen molar-refractivity contribution in [2.75, 3.05) is 0 Å². The van der Waals surface area contributed by atoms with Crippen LogP contribution in [-0.2, 0) is 6.54 Å². The van der Waals surface area contributed by atoms with Crippen LogP contribution in [0.25, 0.3) is 0 Å². The lowest BCUT2D eigenvalue weighted by Gasteiger charge is -2.04. The first-order chi connectivity index (χ1) is 12.1. The molecule has 0 saturated carbocycles. The van der Waals surface area contributed by atoms with E-state index in [4.69, 9.17) is 4.42 Å². The van der Waals surface area contributed by atoms with Gasteiger partial charge in [-0.15, -0.1) is 0 Å². The number of rotatable bonds is 5. The third kappa shape index (κ3) is 3.68. The zero-order chi connectivity index (χ0) is 17.8. The van der Waals surface area contributed by atoms with E-state index in [0.29, 0.717) is 17.9 Å². The highest BCUT2D eigenvalue weighted by Crippen LogP contribution is 2.13. The van der Waals surface area contributed by atoms with Crippen molar-refractivity contribution in [3.63, 3.8) is 0 Å². The van der Waals surface area contributed by atoms with E-state index in [-0.39, 0.29) is 5.91 Å². The highest BCUT2D eigenvalue weighted by molar-refractivity contribution is 5.95. The molecule has 6 nitrogen and oxygen atoms in total. The Bertz CT molecular complexity index is 907. The average Bonchev–Trinajstić information content (AvgIpc) is 3.14. The van der Waals surface area contributed by atoms with Crippen molar-refractivity contribution in [2.24, 2.45) is 5.10 Å². The first kappa shape index (κ1) is 16.7. The zero-order valence-corrected chi connectivity index (χ0v) is 14.5. The number of hydrogen-bond acceptors (Lipinski definition) is 4. The van der Waals surface area contributed by atoms with Crippen molar-refractivity contribution in [1.82, 2.24) is 15.2 Å². The molecule has 0 bridgehead atoms. The van der Waals surface area contributed by atoms with E-state index in [9.17, 15) is 4.79 Å². The molecule has 0 radical (unpaired) electrons. The van der Waals surface area contributed by atoms with Crippen molar-refractivity contribution < 1.29 is 9.21 Å². The Kier molecular flexibility index (Phi) is 4.79. The van der Waals surface area contributed by atoms with Crippen LogP contribution in [0.5, 0.6) is 0 Å². The van der Waals surface area contributed by atoms with Crippen molar-refractivity contribution >= 4 is 12.1 Å². The molecular formula is C19H20N4O2. The van der Waals surface area contributed by atoms with Crippen molar-refractivity contribution in [3.8, 4) is 0 Å². The molecule has 128 valence electrons. The second-order valence-electron chi connectivity index (χ2n) is 5.82. The summed E-state index contributed by atoms with van der Waals surface area (Å²) in [4.78, 5) is 12.0. The number of hydrogen-bond donors (Lipinski definition) is 1. The number of carbonyl (C=O) groups is 1. The molecule has 3 aromatic rings. The molecule has 0 fully saturated rings. The Morgan fingerprint density at radius 2 is 2.00 bits per heavy atom. The van der Waals surface area contributed by atoms with Gasteiger partial charge in [0.15, 0.2) is 0 Å². The van der Waals surface area contributed by atoms with Gasteiger partial charge in [-0.25, -0.2) is 5.43 Å². The topological polar surface area (TPSA) is 72.4 Å². The van der Waals surface area contributed by atoms with Crippen molar-refractivity contribution in [1.29, 1.82) is 0 Å². The van der Waals surface area contributed by atoms with Crippen LogP contribution >= 0.6 is 0 Å². The second kappa shape index (κ2) is 7.17. The van der Waals surface area contributed by atoms with E-state index in [2.05, 4.69) is 27.8 Å². The largest absolute Gasteiger partial charge is 0.469 e. The van der Waals surface area contributed by atoms with Crippen LogP contribution in [0.1, 0.15) is 38.6 Å². The molecule has 3 rings (SSSR count). The molecule has 0 aliphatic heterocycles. The molecule has 1 amide bonds. The second-order valence-corrected chi connectivity index (χ2v) is 5.82. The van der Waals surface area contributed by atoms with Gasteiger partial charge in [0, 0.05) is 11.3 Å². The van der Waals surface area contributed by atoms with Crippen molar-refractivity contribution in [3.05, 3.63) is 76.5 Å². The molecule has 0 spiro atoms. The third-order valence-electron chi connectivity index (χ3n) is 4.08. The number of nitrogens with one attached hydrogen (secondary N) is 1. The molecule has 1 N–H and O–H groups in total. The third-order valence-corrected chi connectivity index (χ3v) is 4.08. The summed E-state index contributed by atoms with van der Waals surface area (Å²) in [6.45, 7) is 6.35. The van der Waals surface area contributed by atoms with Gasteiger partial charge < -0.3 is 4.42 Å². The Morgan fingerprint density at radius 3 is 2.68 bits per heavy atom. The Labute approximate surface area is 146 Å². The molecule has 0 aliphatic carbocycles. The first-order valence-corrected chi connectivity index (χ1v) is 8.01. The number of aromatic nitrogens is 2. The first-order valence-electron chi connectivity index (χ1n) is 8.01. The lowest BCUT2D eigenvalue weighted by atomic mass is 10.2. The van der Waals surface area contributed by atoms with E-state index in [0.717, 1.165) is 17.0 Å². The summed E-state index contributed by atoms with van der Waals surface area (Å²) >= 11 is 0. The number of nitrogens with zero attached hydrogens (tertiary/aromatic N) is 3. The molecule has 2 aromatic heterocycles. The van der Waals surface area contributed by atoms with Gasteiger partial charge in [-0.1, -0.05) is 30.3 Å². The van der Waals surface area contributed by atoms with E-state index in [1.807, 2.05) is 36.7 Å². The van der Waals surface area contributed by atoms with Crippen LogP contribution in [0.4, 0.5) is 0 Å². The van der Waals surface area contributed by atoms with E-state index >= 15 is 0 Å². The van der Waals surface area contributed by atoms with Crippen LogP contribution in [0.15, 0.2) is 52.2 Å². The molecule has 6 heteroatoms. The van der Waals surface area contributed by atoms with Crippen LogP contribution in [-0.4, -0.2) is 21.9 Å². The molecule has 0 unspecified atom stereocenters. The normalized spacial score (nSPS) is 11.2. The SMILES string of the molecule is Cc1nn(Cc2ccccc2)c(C)c1/C=N\NC(=O)c1ccoc1C. The van der Waals surface area contributed by atoms with Gasteiger partial charge in [0.25, 0.3) is 5.91 Å². The number of furan rings is 1. The maximum Gasteiger partial charge on any atom is 0.274 e. The number of hydrazone groups is 1. The van der Waals surface area contributed by atoms with Crippen molar-refractivity contribution in [2.45, 2.75) is 27.3 Å². The highest BCUT2D eigenvalue weighted by Gasteiger charge is 2.12. The Hall–Kier alpha value is -3.15. The van der Waals surface area contributed by atoms with Gasteiger partial charge in [-0.05, 0) is 32.4 Å². The summed E-state index contributed by atoms with van der Waals surface area (Å²) in [5, 5.41) is 8.63. The maximum absolute atomic E-state index is 12.0. The van der Waals surface area contributed by atoms with E-state index in [1.54, 1.807) is 19.2 Å². The van der Waals surface area contributed by atoms with Gasteiger partial charge in [0.2, 0.25) is 0 Å². The lowest BCUT2D eigenvalue weighted by Crippen LogP contribution is -2.17. The monoisotopic (exact) mass is 336 g/mol. The number of carbonyl (C=O) groups excluding carboxylic acids is 1. The zero-order valence-electron chi connectivity index (χ0n) is 14.5. The molecule has 25 heavy (non-hydrogen) atoms. The number of benzene rings is 1. The minimum Gasteiger partial charge on any atom is -0.469 e. The summed E-state index contributed by atoms with van der Waals surface area (Å²) < 4.78 is 7.06. The Balaban J connectivity index is 1.72. The molecule has 0 atom stereocenters. The summed E-state index contributed by atoms with van der Waals surface area (Å²) in [5.74, 6) is 0.269. The number of aryl methyl sites for hydroxylation is 2. The van der Waals surface area contributed by atoms with E-state index < -0.39 is 0 Å². The smallest absolute Gasteiger partial charge is 0.274 e. The highest BCUT2D eigenvalue weighted by atomic mass is 16.3. The van der Waals surface area contributed by atoms with E-state index in [1.165, 1.54) is 11.8 Å². The fourth-order valence-corrected chi connectivity index (χ4v) is 2.64. The quantitative estimate of drug-likeness (QED) is 0.574. The molecular weight excluding hydrogens is 316 g/mol. The standard InChI is InChI=1S/C19H20N4O2/c1-13-18(11-20-21-19(24)17-9-10-25-15(17)3)14(2)23(22-13)12-16-7-5-4-6-8-16/h4-11H,12H2,1-3H3,(H,21,24)/b20-11-. The Morgan fingerprint density at radius 1 is 1.24 bits per heavy atom. The average molecular weight is 336 g/mol. The molecule has 0 saturated heterocycles. The van der Waals surface area contributed by atoms with Gasteiger partial charge in [-0.2, -0.15) is 10.2 Å². The summed E-state index contributed by atoms with van der Waals surface area (Å²) in [6.07, 6.45) is 3.11. The predicted octanol–water partition coefficient (Wildman–Crippen LogP) is 3.21. The van der Waals surface area contributed by atoms with Crippen LogP contribution in [0.2, 0.25) is 0 Å². The minimum absolute atomic E-state index is 0.297. The molecule has 1 aromatic carbocycles. The van der Waals surface area contributed by atoms with Crippen LogP contribution < -0.4 is 5.43 Å². The molecule has 2 heterocycles.